The van der Waals surface area contributed by atoms with Crippen molar-refractivity contribution in [3.05, 3.63) is 41.7 Å². The maximum atomic E-state index is 5.14. The normalized spacial score (nSPS) is 10.6. The summed E-state index contributed by atoms with van der Waals surface area (Å²) in [6.45, 7) is 4.64. The van der Waals surface area contributed by atoms with Crippen LogP contribution in [0.4, 0.5) is 0 Å². The monoisotopic (exact) mass is 260 g/mol. The minimum absolute atomic E-state index is 0.777. The molecule has 0 radical (unpaired) electrons. The van der Waals surface area contributed by atoms with Crippen molar-refractivity contribution in [3.8, 4) is 5.75 Å². The van der Waals surface area contributed by atoms with Crippen molar-refractivity contribution in [1.82, 2.24) is 20.3 Å². The van der Waals surface area contributed by atoms with E-state index in [9.17, 15) is 0 Å². The highest BCUT2D eigenvalue weighted by Gasteiger charge is 2.01. The van der Waals surface area contributed by atoms with E-state index in [1.54, 1.807) is 7.11 Å². The molecule has 0 saturated carbocycles. The molecule has 0 aliphatic heterocycles. The highest BCUT2D eigenvalue weighted by atomic mass is 16.5. The zero-order valence-corrected chi connectivity index (χ0v) is 11.5. The molecule has 1 heterocycles. The fraction of sp³-hybridized carbons (Fsp3) is 0.429. The summed E-state index contributed by atoms with van der Waals surface area (Å²) in [5.41, 5.74) is 2.25. The molecule has 0 aliphatic rings. The fourth-order valence-electron chi connectivity index (χ4n) is 1.82. The fourth-order valence-corrected chi connectivity index (χ4v) is 1.82. The number of rotatable bonds is 7. The standard InChI is InChI=1S/C14H20N4O/c1-3-15-10-13-11-18(17-16-13)9-8-12-4-6-14(19-2)7-5-12/h4-7,11,15H,3,8-10H2,1-2H3. The summed E-state index contributed by atoms with van der Waals surface area (Å²) < 4.78 is 7.02. The Kier molecular flexibility index (Phi) is 4.92. The van der Waals surface area contributed by atoms with Crippen LogP contribution >= 0.6 is 0 Å². The Morgan fingerprint density at radius 3 is 2.74 bits per heavy atom. The molecule has 2 rings (SSSR count). The van der Waals surface area contributed by atoms with Crippen LogP contribution in [-0.4, -0.2) is 28.6 Å². The lowest BCUT2D eigenvalue weighted by molar-refractivity contribution is 0.414. The Bertz CT molecular complexity index is 492. The number of methoxy groups -OCH3 is 1. The van der Waals surface area contributed by atoms with Gasteiger partial charge >= 0.3 is 0 Å². The average Bonchev–Trinajstić information content (AvgIpc) is 2.91. The maximum absolute atomic E-state index is 5.14. The number of aryl methyl sites for hydroxylation is 2. The Morgan fingerprint density at radius 1 is 1.26 bits per heavy atom. The van der Waals surface area contributed by atoms with Gasteiger partial charge in [-0.3, -0.25) is 4.68 Å². The molecule has 1 N–H and O–H groups in total. The summed E-state index contributed by atoms with van der Waals surface area (Å²) in [6, 6.07) is 8.12. The van der Waals surface area contributed by atoms with Gasteiger partial charge in [-0.25, -0.2) is 0 Å². The highest BCUT2D eigenvalue weighted by Crippen LogP contribution is 2.12. The van der Waals surface area contributed by atoms with Gasteiger partial charge in [-0.15, -0.1) is 5.10 Å². The molecule has 0 bridgehead atoms. The predicted octanol–water partition coefficient (Wildman–Crippen LogP) is 1.64. The van der Waals surface area contributed by atoms with E-state index >= 15 is 0 Å². The van der Waals surface area contributed by atoms with Gasteiger partial charge in [-0.1, -0.05) is 24.3 Å². The molecule has 1 aromatic carbocycles. The van der Waals surface area contributed by atoms with Crippen LogP contribution in [-0.2, 0) is 19.5 Å². The van der Waals surface area contributed by atoms with Crippen molar-refractivity contribution in [1.29, 1.82) is 0 Å². The van der Waals surface area contributed by atoms with Crippen LogP contribution < -0.4 is 10.1 Å². The molecule has 0 spiro atoms. The van der Waals surface area contributed by atoms with E-state index in [0.29, 0.717) is 0 Å². The molecule has 0 saturated heterocycles. The van der Waals surface area contributed by atoms with Crippen molar-refractivity contribution in [3.63, 3.8) is 0 Å². The second-order valence-corrected chi connectivity index (χ2v) is 4.35. The van der Waals surface area contributed by atoms with Gasteiger partial charge in [0.1, 0.15) is 5.75 Å². The molecule has 102 valence electrons. The first kappa shape index (κ1) is 13.5. The van der Waals surface area contributed by atoms with Gasteiger partial charge in [-0.2, -0.15) is 0 Å². The number of nitrogens with zero attached hydrogens (tertiary/aromatic N) is 3. The van der Waals surface area contributed by atoms with Crippen molar-refractivity contribution in [2.24, 2.45) is 0 Å². The van der Waals surface area contributed by atoms with Gasteiger partial charge in [0.25, 0.3) is 0 Å². The van der Waals surface area contributed by atoms with Crippen molar-refractivity contribution in [2.45, 2.75) is 26.4 Å². The SMILES string of the molecule is CCNCc1cn(CCc2ccc(OC)cc2)nn1. The lowest BCUT2D eigenvalue weighted by Gasteiger charge is -2.03. The van der Waals surface area contributed by atoms with Gasteiger partial charge in [0.15, 0.2) is 0 Å². The molecule has 0 fully saturated rings. The van der Waals surface area contributed by atoms with Crippen LogP contribution in [0.15, 0.2) is 30.5 Å². The summed E-state index contributed by atoms with van der Waals surface area (Å²) >= 11 is 0. The molecular weight excluding hydrogens is 240 g/mol. The lowest BCUT2D eigenvalue weighted by Crippen LogP contribution is -2.11. The average molecular weight is 260 g/mol. The Labute approximate surface area is 113 Å². The van der Waals surface area contributed by atoms with Gasteiger partial charge in [0, 0.05) is 19.3 Å². The van der Waals surface area contributed by atoms with Crippen LogP contribution in [0.2, 0.25) is 0 Å². The molecule has 2 aromatic rings. The summed E-state index contributed by atoms with van der Waals surface area (Å²) in [5, 5.41) is 11.5. The first-order chi connectivity index (χ1) is 9.31. The van der Waals surface area contributed by atoms with E-state index in [4.69, 9.17) is 4.74 Å². The molecule has 19 heavy (non-hydrogen) atoms. The maximum Gasteiger partial charge on any atom is 0.118 e. The van der Waals surface area contributed by atoms with Crippen LogP contribution in [0.3, 0.4) is 0 Å². The highest BCUT2D eigenvalue weighted by molar-refractivity contribution is 5.27. The van der Waals surface area contributed by atoms with Crippen LogP contribution in [0.5, 0.6) is 5.75 Å². The molecule has 0 unspecified atom stereocenters. The van der Waals surface area contributed by atoms with E-state index in [2.05, 4.69) is 34.7 Å². The van der Waals surface area contributed by atoms with E-state index < -0.39 is 0 Å². The van der Waals surface area contributed by atoms with E-state index in [0.717, 1.165) is 37.5 Å². The topological polar surface area (TPSA) is 52.0 Å². The van der Waals surface area contributed by atoms with E-state index in [1.165, 1.54) is 5.56 Å². The third-order valence-electron chi connectivity index (χ3n) is 2.93. The zero-order valence-electron chi connectivity index (χ0n) is 11.5. The number of nitrogens with one attached hydrogen (secondary N) is 1. The van der Waals surface area contributed by atoms with E-state index in [1.807, 2.05) is 23.0 Å². The van der Waals surface area contributed by atoms with Gasteiger partial charge < -0.3 is 10.1 Å². The van der Waals surface area contributed by atoms with Crippen molar-refractivity contribution >= 4 is 0 Å². The lowest BCUT2D eigenvalue weighted by atomic mass is 10.1. The Hall–Kier alpha value is -1.88. The number of hydrogen-bond donors (Lipinski definition) is 1. The quantitative estimate of drug-likeness (QED) is 0.822. The number of benzene rings is 1. The summed E-state index contributed by atoms with van der Waals surface area (Å²) in [7, 11) is 1.68. The number of ether oxygens (including phenoxy) is 1. The largest absolute Gasteiger partial charge is 0.497 e. The minimum atomic E-state index is 0.777. The Morgan fingerprint density at radius 2 is 2.05 bits per heavy atom. The van der Waals surface area contributed by atoms with Crippen LogP contribution in [0.25, 0.3) is 0 Å². The molecule has 0 aliphatic carbocycles. The molecule has 1 aromatic heterocycles. The number of hydrogen-bond acceptors (Lipinski definition) is 4. The third-order valence-corrected chi connectivity index (χ3v) is 2.93. The first-order valence-corrected chi connectivity index (χ1v) is 6.54. The molecule has 5 nitrogen and oxygen atoms in total. The first-order valence-electron chi connectivity index (χ1n) is 6.54. The molecule has 0 atom stereocenters. The van der Waals surface area contributed by atoms with E-state index in [-0.39, 0.29) is 0 Å². The molecular formula is C14H20N4O. The Balaban J connectivity index is 1.85. The van der Waals surface area contributed by atoms with Gasteiger partial charge in [0.2, 0.25) is 0 Å². The zero-order chi connectivity index (χ0) is 13.5. The molecule has 5 heteroatoms. The smallest absolute Gasteiger partial charge is 0.118 e. The van der Waals surface area contributed by atoms with Crippen LogP contribution in [0, 0.1) is 0 Å². The number of aromatic nitrogens is 3. The summed E-state index contributed by atoms with van der Waals surface area (Å²) in [4.78, 5) is 0. The molecule has 0 amide bonds. The minimum Gasteiger partial charge on any atom is -0.497 e. The van der Waals surface area contributed by atoms with Gasteiger partial charge in [0.05, 0.1) is 12.8 Å². The predicted molar refractivity (Wildman–Crippen MR) is 74.1 cm³/mol. The third kappa shape index (κ3) is 4.06. The van der Waals surface area contributed by atoms with Gasteiger partial charge in [-0.05, 0) is 30.7 Å². The van der Waals surface area contributed by atoms with Crippen LogP contribution in [0.1, 0.15) is 18.2 Å². The summed E-state index contributed by atoms with van der Waals surface area (Å²) in [5.74, 6) is 0.887. The summed E-state index contributed by atoms with van der Waals surface area (Å²) in [6.07, 6.45) is 2.93. The second kappa shape index (κ2) is 6.89. The second-order valence-electron chi connectivity index (χ2n) is 4.35. The van der Waals surface area contributed by atoms with Crippen molar-refractivity contribution < 1.29 is 4.74 Å². The van der Waals surface area contributed by atoms with Crippen molar-refractivity contribution in [2.75, 3.05) is 13.7 Å².